The van der Waals surface area contributed by atoms with Crippen molar-refractivity contribution < 1.29 is 4.79 Å². The molecule has 0 aliphatic heterocycles. The van der Waals surface area contributed by atoms with Crippen LogP contribution in [0.2, 0.25) is 0 Å². The molecule has 5 nitrogen and oxygen atoms in total. The molecule has 4 rings (SSSR count). The van der Waals surface area contributed by atoms with E-state index in [1.54, 1.807) is 13.0 Å². The molecule has 1 aromatic heterocycles. The molecule has 0 fully saturated rings. The number of rotatable bonds is 5. The Morgan fingerprint density at radius 3 is 2.21 bits per heavy atom. The number of aromatic nitrogens is 2. The average Bonchev–Trinajstić information content (AvgIpc) is 3.19. The maximum Gasteiger partial charge on any atom is 0.267 e. The fourth-order valence-corrected chi connectivity index (χ4v) is 3.72. The zero-order valence-corrected chi connectivity index (χ0v) is 15.8. The van der Waals surface area contributed by atoms with E-state index in [1.165, 1.54) is 4.68 Å². The van der Waals surface area contributed by atoms with Crippen LogP contribution in [0.25, 0.3) is 0 Å². The monoisotopic (exact) mass is 373 g/mol. The van der Waals surface area contributed by atoms with E-state index in [2.05, 4.69) is 10.4 Å². The molecule has 5 heteroatoms. The van der Waals surface area contributed by atoms with Crippen LogP contribution in [0.3, 0.4) is 0 Å². The van der Waals surface area contributed by atoms with Gasteiger partial charge in [0.1, 0.15) is 6.04 Å². The Morgan fingerprint density at radius 1 is 1.00 bits per heavy atom. The summed E-state index contributed by atoms with van der Waals surface area (Å²) < 4.78 is 1.31. The maximum atomic E-state index is 13.0. The van der Waals surface area contributed by atoms with E-state index in [9.17, 15) is 9.59 Å². The lowest BCUT2D eigenvalue weighted by Crippen LogP contribution is -2.39. The first-order valence-corrected chi connectivity index (χ1v) is 9.65. The molecule has 1 N–H and O–H groups in total. The molecule has 0 saturated heterocycles. The van der Waals surface area contributed by atoms with Gasteiger partial charge in [0, 0.05) is 6.07 Å². The summed E-state index contributed by atoms with van der Waals surface area (Å²) in [5.74, 6) is -0.231. The van der Waals surface area contributed by atoms with E-state index in [0.29, 0.717) is 0 Å². The minimum Gasteiger partial charge on any atom is -0.343 e. The zero-order chi connectivity index (χ0) is 19.5. The quantitative estimate of drug-likeness (QED) is 0.747. The van der Waals surface area contributed by atoms with Gasteiger partial charge in [-0.2, -0.15) is 5.10 Å². The molecule has 142 valence electrons. The van der Waals surface area contributed by atoms with Gasteiger partial charge in [-0.1, -0.05) is 60.7 Å². The summed E-state index contributed by atoms with van der Waals surface area (Å²) in [7, 11) is 0. The summed E-state index contributed by atoms with van der Waals surface area (Å²) in [6.07, 6.45) is 2.76. The van der Waals surface area contributed by atoms with Crippen molar-refractivity contribution in [2.75, 3.05) is 0 Å². The second-order valence-electron chi connectivity index (χ2n) is 7.19. The number of carbonyl (C=O) groups is 1. The van der Waals surface area contributed by atoms with Gasteiger partial charge in [0.25, 0.3) is 5.56 Å². The third-order valence-corrected chi connectivity index (χ3v) is 5.28. The normalized spacial score (nSPS) is 13.9. The summed E-state index contributed by atoms with van der Waals surface area (Å²) in [6, 6.07) is 20.3. The first kappa shape index (κ1) is 18.2. The summed E-state index contributed by atoms with van der Waals surface area (Å²) in [4.78, 5) is 25.5. The van der Waals surface area contributed by atoms with Gasteiger partial charge in [-0.3, -0.25) is 9.59 Å². The molecule has 1 amide bonds. The van der Waals surface area contributed by atoms with Crippen molar-refractivity contribution in [1.29, 1.82) is 0 Å². The Balaban J connectivity index is 1.62. The Morgan fingerprint density at radius 2 is 1.61 bits per heavy atom. The second-order valence-corrected chi connectivity index (χ2v) is 7.19. The molecular weight excluding hydrogens is 350 g/mol. The highest BCUT2D eigenvalue weighted by molar-refractivity contribution is 5.80. The number of nitrogens with one attached hydrogen (secondary N) is 1. The molecule has 1 aliphatic rings. The summed E-state index contributed by atoms with van der Waals surface area (Å²) >= 11 is 0. The number of hydrogen-bond donors (Lipinski definition) is 1. The van der Waals surface area contributed by atoms with Crippen molar-refractivity contribution >= 4 is 5.91 Å². The van der Waals surface area contributed by atoms with E-state index < -0.39 is 6.04 Å². The van der Waals surface area contributed by atoms with Crippen molar-refractivity contribution in [2.24, 2.45) is 0 Å². The number of hydrogen-bond acceptors (Lipinski definition) is 3. The van der Waals surface area contributed by atoms with Gasteiger partial charge in [-0.05, 0) is 42.9 Å². The molecule has 2 aromatic carbocycles. The minimum atomic E-state index is -0.687. The molecule has 0 saturated carbocycles. The fourth-order valence-electron chi connectivity index (χ4n) is 3.72. The first-order valence-electron chi connectivity index (χ1n) is 9.65. The van der Waals surface area contributed by atoms with Crippen LogP contribution in [0.1, 0.15) is 47.8 Å². The lowest BCUT2D eigenvalue weighted by atomic mass is 9.98. The van der Waals surface area contributed by atoms with E-state index in [-0.39, 0.29) is 17.5 Å². The standard InChI is InChI=1S/C23H23N3O2/c1-16(26-21(27)15-19-13-8-14-20(19)25-26)23(28)24-22(17-9-4-2-5-10-17)18-11-6-3-7-12-18/h2-7,9-12,15-16,22H,8,13-14H2,1H3,(H,24,28). The predicted octanol–water partition coefficient (Wildman–Crippen LogP) is 3.20. The van der Waals surface area contributed by atoms with E-state index in [1.807, 2.05) is 60.7 Å². The Labute approximate surface area is 164 Å². The van der Waals surface area contributed by atoms with Gasteiger partial charge in [0.05, 0.1) is 11.7 Å². The molecule has 0 bridgehead atoms. The molecule has 0 spiro atoms. The van der Waals surface area contributed by atoms with E-state index in [0.717, 1.165) is 41.6 Å². The predicted molar refractivity (Wildman–Crippen MR) is 108 cm³/mol. The molecule has 1 unspecified atom stereocenters. The van der Waals surface area contributed by atoms with Crippen molar-refractivity contribution in [3.8, 4) is 0 Å². The minimum absolute atomic E-state index is 0.223. The van der Waals surface area contributed by atoms with Crippen LogP contribution in [0.15, 0.2) is 71.5 Å². The van der Waals surface area contributed by atoms with Gasteiger partial charge in [0.15, 0.2) is 0 Å². The summed E-state index contributed by atoms with van der Waals surface area (Å²) in [5, 5.41) is 7.57. The average molecular weight is 373 g/mol. The maximum absolute atomic E-state index is 13.0. The second kappa shape index (κ2) is 7.80. The van der Waals surface area contributed by atoms with Crippen LogP contribution >= 0.6 is 0 Å². The zero-order valence-electron chi connectivity index (χ0n) is 15.8. The molecule has 0 radical (unpaired) electrons. The van der Waals surface area contributed by atoms with Crippen LogP contribution in [0.5, 0.6) is 0 Å². The topological polar surface area (TPSA) is 64.0 Å². The Hall–Kier alpha value is -3.21. The highest BCUT2D eigenvalue weighted by Gasteiger charge is 2.24. The molecule has 1 heterocycles. The molecule has 1 aliphatic carbocycles. The van der Waals surface area contributed by atoms with Crippen molar-refractivity contribution in [2.45, 2.75) is 38.3 Å². The highest BCUT2D eigenvalue weighted by atomic mass is 16.2. The Kier molecular flexibility index (Phi) is 5.06. The van der Waals surface area contributed by atoms with Crippen molar-refractivity contribution in [3.05, 3.63) is 99.5 Å². The third kappa shape index (κ3) is 3.60. The van der Waals surface area contributed by atoms with E-state index in [4.69, 9.17) is 0 Å². The number of aryl methyl sites for hydroxylation is 2. The first-order chi connectivity index (χ1) is 13.6. The largest absolute Gasteiger partial charge is 0.343 e. The number of amides is 1. The van der Waals surface area contributed by atoms with E-state index >= 15 is 0 Å². The summed E-state index contributed by atoms with van der Waals surface area (Å²) in [6.45, 7) is 1.72. The van der Waals surface area contributed by atoms with Crippen LogP contribution in [0.4, 0.5) is 0 Å². The van der Waals surface area contributed by atoms with Crippen LogP contribution in [0, 0.1) is 0 Å². The van der Waals surface area contributed by atoms with Gasteiger partial charge >= 0.3 is 0 Å². The molecule has 1 atom stereocenters. The van der Waals surface area contributed by atoms with Crippen molar-refractivity contribution in [3.63, 3.8) is 0 Å². The van der Waals surface area contributed by atoms with Gasteiger partial charge < -0.3 is 5.32 Å². The van der Waals surface area contributed by atoms with Crippen molar-refractivity contribution in [1.82, 2.24) is 15.1 Å². The molecule has 28 heavy (non-hydrogen) atoms. The smallest absolute Gasteiger partial charge is 0.267 e. The van der Waals surface area contributed by atoms with Gasteiger partial charge in [0.2, 0.25) is 5.91 Å². The Bertz CT molecular complexity index is 989. The van der Waals surface area contributed by atoms with Crippen LogP contribution < -0.4 is 10.9 Å². The number of carbonyl (C=O) groups excluding carboxylic acids is 1. The lowest BCUT2D eigenvalue weighted by Gasteiger charge is -2.22. The highest BCUT2D eigenvalue weighted by Crippen LogP contribution is 2.23. The van der Waals surface area contributed by atoms with Crippen LogP contribution in [-0.4, -0.2) is 15.7 Å². The number of nitrogens with zero attached hydrogens (tertiary/aromatic N) is 2. The number of benzene rings is 2. The fraction of sp³-hybridized carbons (Fsp3) is 0.261. The lowest BCUT2D eigenvalue weighted by molar-refractivity contribution is -0.124. The van der Waals surface area contributed by atoms with Gasteiger partial charge in [-0.25, -0.2) is 4.68 Å². The van der Waals surface area contributed by atoms with Gasteiger partial charge in [-0.15, -0.1) is 0 Å². The number of fused-ring (bicyclic) bond motifs is 1. The summed E-state index contributed by atoms with van der Waals surface area (Å²) in [5.41, 5.74) is 3.70. The SMILES string of the molecule is CC(C(=O)NC(c1ccccc1)c1ccccc1)n1nc2c(cc1=O)CCC2. The third-order valence-electron chi connectivity index (χ3n) is 5.28. The van der Waals surface area contributed by atoms with Crippen LogP contribution in [-0.2, 0) is 17.6 Å². The molecular formula is C23H23N3O2. The molecule has 3 aromatic rings.